The van der Waals surface area contributed by atoms with Gasteiger partial charge < -0.3 is 16.0 Å². The molecule has 41 heavy (non-hydrogen) atoms. The Morgan fingerprint density at radius 2 is 1.98 bits per heavy atom. The molecule has 3 amide bonds. The zero-order valence-corrected chi connectivity index (χ0v) is 26.9. The second kappa shape index (κ2) is 16.5. The van der Waals surface area contributed by atoms with Gasteiger partial charge in [-0.15, -0.1) is 23.1 Å². The minimum atomic E-state index is -1.01. The molecule has 3 rings (SSSR count). The van der Waals surface area contributed by atoms with Crippen LogP contribution in [0.4, 0.5) is 0 Å². The molecule has 226 valence electrons. The molecule has 0 saturated heterocycles. The third kappa shape index (κ3) is 10.6. The summed E-state index contributed by atoms with van der Waals surface area (Å²) in [6.07, 6.45) is 10.6. The van der Waals surface area contributed by atoms with Gasteiger partial charge in [-0.1, -0.05) is 70.4 Å². The lowest BCUT2D eigenvalue weighted by Crippen LogP contribution is -2.56. The van der Waals surface area contributed by atoms with E-state index in [1.54, 1.807) is 6.92 Å². The van der Waals surface area contributed by atoms with Gasteiger partial charge in [0.05, 0.1) is 19.0 Å². The fourth-order valence-corrected chi connectivity index (χ4v) is 7.09. The third-order valence-corrected chi connectivity index (χ3v) is 10.00. The maximum absolute atomic E-state index is 13.4. The molecule has 9 nitrogen and oxygen atoms in total. The minimum Gasteiger partial charge on any atom is -0.350 e. The van der Waals surface area contributed by atoms with Gasteiger partial charge >= 0.3 is 0 Å². The summed E-state index contributed by atoms with van der Waals surface area (Å²) in [5.74, 6) is 0.0389. The Morgan fingerprint density at radius 3 is 2.73 bits per heavy atom. The Bertz CT molecular complexity index is 1140. The Morgan fingerprint density at radius 1 is 1.20 bits per heavy atom. The van der Waals surface area contributed by atoms with Crippen LogP contribution in [0.1, 0.15) is 89.8 Å². The first-order chi connectivity index (χ1) is 19.6. The van der Waals surface area contributed by atoms with Crippen LogP contribution in [0.2, 0.25) is 0 Å². The van der Waals surface area contributed by atoms with Crippen LogP contribution in [0.5, 0.6) is 0 Å². The molecule has 0 aliphatic carbocycles. The molecule has 3 atom stereocenters. The van der Waals surface area contributed by atoms with E-state index < -0.39 is 17.6 Å². The predicted molar refractivity (Wildman–Crippen MR) is 169 cm³/mol. The minimum absolute atomic E-state index is 0.0450. The number of thiazole rings is 1. The summed E-state index contributed by atoms with van der Waals surface area (Å²) in [6.45, 7) is 7.96. The van der Waals surface area contributed by atoms with Crippen LogP contribution in [0, 0.1) is 5.92 Å². The summed E-state index contributed by atoms with van der Waals surface area (Å²) in [7, 11) is 0. The van der Waals surface area contributed by atoms with Crippen LogP contribution in [0.15, 0.2) is 22.5 Å². The lowest BCUT2D eigenvalue weighted by Gasteiger charge is -2.27. The number of amides is 3. The molecule has 3 heterocycles. The van der Waals surface area contributed by atoms with E-state index in [9.17, 15) is 19.2 Å². The molecule has 1 unspecified atom stereocenters. The highest BCUT2D eigenvalue weighted by Gasteiger charge is 2.41. The van der Waals surface area contributed by atoms with Crippen molar-refractivity contribution in [3.8, 4) is 0 Å². The second-order valence-electron chi connectivity index (χ2n) is 11.0. The number of hydrogen-bond donors (Lipinski definition) is 3. The van der Waals surface area contributed by atoms with Gasteiger partial charge in [-0.25, -0.2) is 4.98 Å². The number of carbonyl (C=O) groups is 4. The number of aliphatic imine (C=N–C) groups is 1. The van der Waals surface area contributed by atoms with Gasteiger partial charge in [0, 0.05) is 23.3 Å². The van der Waals surface area contributed by atoms with E-state index in [1.807, 2.05) is 31.4 Å². The predicted octanol–water partition coefficient (Wildman–Crippen LogP) is 4.61. The van der Waals surface area contributed by atoms with Gasteiger partial charge in [0.2, 0.25) is 17.7 Å². The first kappa shape index (κ1) is 33.3. The van der Waals surface area contributed by atoms with E-state index in [0.717, 1.165) is 17.8 Å². The topological polar surface area (TPSA) is 130 Å². The van der Waals surface area contributed by atoms with Crippen molar-refractivity contribution in [2.75, 3.05) is 11.5 Å². The summed E-state index contributed by atoms with van der Waals surface area (Å²) in [6, 6.07) is -1.35. The molecule has 2 aliphatic rings. The van der Waals surface area contributed by atoms with Gasteiger partial charge in [-0.3, -0.25) is 24.2 Å². The Labute approximate surface area is 256 Å². The van der Waals surface area contributed by atoms with Crippen LogP contribution in [-0.4, -0.2) is 62.0 Å². The number of aromatic nitrogens is 1. The standard InChI is InChI=1S/C29H43N5O4S3/c1-5-6-7-8-9-13-24(36)39-14-11-10-12-20-15-22(35)30-16-23-32-21(17-40-23)27-34-29(4,18-41-27)28(38)33-25(19(2)3)26(37)31-20/h10,12,17,19-20,25H,5-9,11,13-16,18H2,1-4H3,(H,30,35)(H,31,37)(H,33,38)/b12-10+/t20-,25+,29?/m1/s1. The molecular weight excluding hydrogens is 579 g/mol. The Balaban J connectivity index is 1.66. The monoisotopic (exact) mass is 621 g/mol. The molecule has 12 heteroatoms. The fraction of sp³-hybridized carbons (Fsp3) is 0.655. The van der Waals surface area contributed by atoms with Gasteiger partial charge in [-0.05, 0) is 25.7 Å². The van der Waals surface area contributed by atoms with Gasteiger partial charge in [0.25, 0.3) is 0 Å². The molecule has 2 aliphatic heterocycles. The Hall–Kier alpha value is -2.18. The number of unbranched alkanes of at least 4 members (excludes halogenated alkanes) is 4. The highest BCUT2D eigenvalue weighted by Crippen LogP contribution is 2.32. The van der Waals surface area contributed by atoms with E-state index in [4.69, 9.17) is 0 Å². The molecule has 4 bridgehead atoms. The first-order valence-corrected chi connectivity index (χ1v) is 17.3. The van der Waals surface area contributed by atoms with Crippen LogP contribution >= 0.6 is 34.9 Å². The number of nitrogens with one attached hydrogen (secondary N) is 3. The molecule has 3 N–H and O–H groups in total. The SMILES string of the molecule is CCCCCCCC(=O)SCC/C=C/[C@@H]1CC(=O)NCc2nc(cs2)C2=NC(C)(CS2)C(=O)N[C@@H](C(C)C)C(=O)N1. The molecule has 1 aromatic heterocycles. The number of carbonyl (C=O) groups excluding carboxylic acids is 4. The normalized spacial score (nSPS) is 23.8. The summed E-state index contributed by atoms with van der Waals surface area (Å²) >= 11 is 4.23. The Kier molecular flexibility index (Phi) is 13.4. The largest absolute Gasteiger partial charge is 0.350 e. The van der Waals surface area contributed by atoms with Crippen LogP contribution in [-0.2, 0) is 25.7 Å². The number of allylic oxidation sites excluding steroid dienone is 1. The number of nitrogens with zero attached hydrogens (tertiary/aromatic N) is 2. The van der Waals surface area contributed by atoms with E-state index in [2.05, 4.69) is 32.9 Å². The van der Waals surface area contributed by atoms with Gasteiger partial charge in [0.15, 0.2) is 5.12 Å². The smallest absolute Gasteiger partial charge is 0.249 e. The van der Waals surface area contributed by atoms with Crippen molar-refractivity contribution in [1.29, 1.82) is 0 Å². The van der Waals surface area contributed by atoms with Crippen molar-refractivity contribution in [2.24, 2.45) is 10.9 Å². The van der Waals surface area contributed by atoms with Crippen molar-refractivity contribution >= 4 is 62.7 Å². The highest BCUT2D eigenvalue weighted by molar-refractivity contribution is 8.14. The first-order valence-electron chi connectivity index (χ1n) is 14.5. The van der Waals surface area contributed by atoms with E-state index in [-0.39, 0.29) is 41.7 Å². The van der Waals surface area contributed by atoms with E-state index in [1.165, 1.54) is 54.1 Å². The van der Waals surface area contributed by atoms with Crippen LogP contribution in [0.25, 0.3) is 0 Å². The van der Waals surface area contributed by atoms with Crippen molar-refractivity contribution in [3.63, 3.8) is 0 Å². The molecule has 0 spiro atoms. The zero-order chi connectivity index (χ0) is 29.8. The molecular formula is C29H43N5O4S3. The third-order valence-electron chi connectivity index (χ3n) is 6.90. The number of fused-ring (bicyclic) bond motifs is 4. The van der Waals surface area contributed by atoms with Crippen molar-refractivity contribution in [2.45, 2.75) is 103 Å². The van der Waals surface area contributed by atoms with Gasteiger partial charge in [0.1, 0.15) is 27.3 Å². The maximum Gasteiger partial charge on any atom is 0.249 e. The van der Waals surface area contributed by atoms with Crippen LogP contribution < -0.4 is 16.0 Å². The summed E-state index contributed by atoms with van der Waals surface area (Å²) in [5, 5.41) is 12.3. The van der Waals surface area contributed by atoms with Crippen molar-refractivity contribution in [3.05, 3.63) is 28.2 Å². The highest BCUT2D eigenvalue weighted by atomic mass is 32.2. The lowest BCUT2D eigenvalue weighted by molar-refractivity contribution is -0.132. The molecule has 0 saturated carbocycles. The maximum atomic E-state index is 13.4. The molecule has 1 aromatic rings. The average Bonchev–Trinajstić information content (AvgIpc) is 3.56. The number of hydrogen-bond acceptors (Lipinski definition) is 9. The lowest BCUT2D eigenvalue weighted by atomic mass is 9.99. The molecule has 0 aromatic carbocycles. The van der Waals surface area contributed by atoms with Crippen molar-refractivity contribution in [1.82, 2.24) is 20.9 Å². The number of rotatable bonds is 11. The molecule has 0 fully saturated rings. The van der Waals surface area contributed by atoms with Crippen LogP contribution in [0.3, 0.4) is 0 Å². The average molecular weight is 622 g/mol. The summed E-state index contributed by atoms with van der Waals surface area (Å²) in [5.41, 5.74) is -0.313. The van der Waals surface area contributed by atoms with Crippen molar-refractivity contribution < 1.29 is 19.2 Å². The fourth-order valence-electron chi connectivity index (χ4n) is 4.40. The zero-order valence-electron chi connectivity index (χ0n) is 24.5. The summed E-state index contributed by atoms with van der Waals surface area (Å²) < 4.78 is 0. The molecule has 0 radical (unpaired) electrons. The van der Waals surface area contributed by atoms with E-state index >= 15 is 0 Å². The quantitative estimate of drug-likeness (QED) is 0.243. The summed E-state index contributed by atoms with van der Waals surface area (Å²) in [4.78, 5) is 61.0. The number of thioether (sulfide) groups is 2. The second-order valence-corrected chi connectivity index (χ2v) is 14.1. The van der Waals surface area contributed by atoms with Gasteiger partial charge in [-0.2, -0.15) is 0 Å². The van der Waals surface area contributed by atoms with E-state index in [0.29, 0.717) is 35.1 Å².